The van der Waals surface area contributed by atoms with Crippen LogP contribution in [0.4, 0.5) is 10.1 Å². The number of aromatic nitrogens is 1. The normalized spacial score (nSPS) is 18.2. The van der Waals surface area contributed by atoms with Gasteiger partial charge >= 0.3 is 0 Å². The number of pyridine rings is 1. The quantitative estimate of drug-likeness (QED) is 0.327. The molecule has 2 N–H and O–H groups in total. The molecule has 168 valence electrons. The largest absolute Gasteiger partial charge is 0.382 e. The Morgan fingerprint density at radius 3 is 2.61 bits per heavy atom. The van der Waals surface area contributed by atoms with Crippen LogP contribution in [0.3, 0.4) is 0 Å². The summed E-state index contributed by atoms with van der Waals surface area (Å²) in [6.07, 6.45) is 5.39. The first-order valence-corrected chi connectivity index (χ1v) is 12.3. The summed E-state index contributed by atoms with van der Waals surface area (Å²) in [5, 5.41) is 12.3. The Morgan fingerprint density at radius 2 is 1.82 bits per heavy atom. The van der Waals surface area contributed by atoms with E-state index in [1.165, 1.54) is 12.1 Å². The van der Waals surface area contributed by atoms with Crippen molar-refractivity contribution in [1.82, 2.24) is 10.3 Å². The maximum Gasteiger partial charge on any atom is 0.251 e. The topological polar surface area (TPSA) is 54.0 Å². The molecule has 7 heteroatoms. The summed E-state index contributed by atoms with van der Waals surface area (Å²) < 4.78 is 14.2. The first kappa shape index (κ1) is 21.9. The van der Waals surface area contributed by atoms with Crippen LogP contribution >= 0.6 is 22.9 Å². The second kappa shape index (κ2) is 9.49. The van der Waals surface area contributed by atoms with E-state index in [2.05, 4.69) is 15.6 Å². The number of benzene rings is 2. The molecule has 0 radical (unpaired) electrons. The lowest BCUT2D eigenvalue weighted by Crippen LogP contribution is -2.40. The average Bonchev–Trinajstić information content (AvgIpc) is 3.35. The molecular weight excluding hydrogens is 457 g/mol. The van der Waals surface area contributed by atoms with E-state index >= 15 is 0 Å². The Labute approximate surface area is 200 Å². The van der Waals surface area contributed by atoms with Crippen molar-refractivity contribution in [2.24, 2.45) is 0 Å². The molecule has 1 aliphatic carbocycles. The zero-order chi connectivity index (χ0) is 22.8. The van der Waals surface area contributed by atoms with Gasteiger partial charge < -0.3 is 10.6 Å². The van der Waals surface area contributed by atoms with Gasteiger partial charge in [0.25, 0.3) is 5.91 Å². The third kappa shape index (κ3) is 5.02. The van der Waals surface area contributed by atoms with Gasteiger partial charge in [0.2, 0.25) is 0 Å². The van der Waals surface area contributed by atoms with E-state index in [0.717, 1.165) is 53.4 Å². The van der Waals surface area contributed by atoms with Gasteiger partial charge in [-0.3, -0.25) is 9.78 Å². The van der Waals surface area contributed by atoms with E-state index in [9.17, 15) is 9.18 Å². The molecular formula is C26H23ClFN3OS. The van der Waals surface area contributed by atoms with E-state index in [4.69, 9.17) is 11.6 Å². The molecule has 33 heavy (non-hydrogen) atoms. The minimum absolute atomic E-state index is 0.0800. The van der Waals surface area contributed by atoms with E-state index in [1.54, 1.807) is 23.6 Å². The van der Waals surface area contributed by atoms with E-state index in [1.807, 2.05) is 41.1 Å². The van der Waals surface area contributed by atoms with Crippen molar-refractivity contribution in [2.45, 2.75) is 37.8 Å². The van der Waals surface area contributed by atoms with Gasteiger partial charge in [0, 0.05) is 39.9 Å². The zero-order valence-corrected chi connectivity index (χ0v) is 19.4. The summed E-state index contributed by atoms with van der Waals surface area (Å²) in [6, 6.07) is 14.6. The summed E-state index contributed by atoms with van der Waals surface area (Å²) in [5.74, 6) is -0.623. The van der Waals surface area contributed by atoms with Gasteiger partial charge in [-0.25, -0.2) is 4.39 Å². The number of nitrogens with one attached hydrogen (secondary N) is 2. The van der Waals surface area contributed by atoms with Gasteiger partial charge in [0.05, 0.1) is 5.52 Å². The summed E-state index contributed by atoms with van der Waals surface area (Å²) in [4.78, 5) is 17.2. The van der Waals surface area contributed by atoms with Gasteiger partial charge in [-0.2, -0.15) is 11.3 Å². The molecule has 2 aromatic heterocycles. The fraction of sp³-hybridized carbons (Fsp3) is 0.231. The summed E-state index contributed by atoms with van der Waals surface area (Å²) in [5.41, 5.74) is 3.92. The second-order valence-electron chi connectivity index (χ2n) is 8.43. The van der Waals surface area contributed by atoms with Crippen LogP contribution in [0.1, 0.15) is 36.0 Å². The fourth-order valence-corrected chi connectivity index (χ4v) is 5.27. The summed E-state index contributed by atoms with van der Waals surface area (Å²) in [7, 11) is 0. The number of anilines is 1. The van der Waals surface area contributed by atoms with Gasteiger partial charge in [0.1, 0.15) is 5.82 Å². The SMILES string of the molecule is O=C(NC1CCC(Nc2ccnc3cc(Cl)ccc23)CC1)c1cc(F)cc(-c2ccsc2)c1. The Morgan fingerprint density at radius 1 is 1.00 bits per heavy atom. The van der Waals surface area contributed by atoms with Crippen LogP contribution in [-0.4, -0.2) is 23.0 Å². The molecule has 0 saturated heterocycles. The molecule has 0 spiro atoms. The van der Waals surface area contributed by atoms with Crippen molar-refractivity contribution in [3.63, 3.8) is 0 Å². The smallest absolute Gasteiger partial charge is 0.251 e. The molecule has 4 nitrogen and oxygen atoms in total. The van der Waals surface area contributed by atoms with Crippen LogP contribution in [-0.2, 0) is 0 Å². The van der Waals surface area contributed by atoms with Crippen molar-refractivity contribution >= 4 is 45.4 Å². The Kier molecular flexibility index (Phi) is 6.29. The molecule has 2 heterocycles. The number of fused-ring (bicyclic) bond motifs is 1. The van der Waals surface area contributed by atoms with Gasteiger partial charge in [-0.1, -0.05) is 11.6 Å². The number of amides is 1. The van der Waals surface area contributed by atoms with E-state index in [-0.39, 0.29) is 11.9 Å². The molecule has 0 aliphatic heterocycles. The minimum Gasteiger partial charge on any atom is -0.382 e. The van der Waals surface area contributed by atoms with Crippen LogP contribution in [0.25, 0.3) is 22.0 Å². The molecule has 1 amide bonds. The highest BCUT2D eigenvalue weighted by Crippen LogP contribution is 2.29. The Bertz CT molecular complexity index is 1290. The fourth-order valence-electron chi connectivity index (χ4n) is 4.43. The lowest BCUT2D eigenvalue weighted by molar-refractivity contribution is 0.0926. The highest BCUT2D eigenvalue weighted by molar-refractivity contribution is 7.08. The molecule has 0 unspecified atom stereocenters. The molecule has 1 aliphatic rings. The van der Waals surface area contributed by atoms with Gasteiger partial charge in [-0.15, -0.1) is 0 Å². The Balaban J connectivity index is 1.21. The number of carbonyl (C=O) groups is 1. The van der Waals surface area contributed by atoms with Crippen molar-refractivity contribution < 1.29 is 9.18 Å². The van der Waals surface area contributed by atoms with Crippen LogP contribution in [0.2, 0.25) is 5.02 Å². The number of halogens is 2. The molecule has 0 bridgehead atoms. The third-order valence-corrected chi connectivity index (χ3v) is 7.06. The predicted molar refractivity (Wildman–Crippen MR) is 134 cm³/mol. The number of thiophene rings is 1. The zero-order valence-electron chi connectivity index (χ0n) is 17.9. The van der Waals surface area contributed by atoms with E-state index in [0.29, 0.717) is 16.6 Å². The van der Waals surface area contributed by atoms with Crippen molar-refractivity contribution in [2.75, 3.05) is 5.32 Å². The molecule has 0 atom stereocenters. The van der Waals surface area contributed by atoms with E-state index < -0.39 is 5.82 Å². The number of rotatable bonds is 5. The predicted octanol–water partition coefficient (Wildman–Crippen LogP) is 6.91. The summed E-state index contributed by atoms with van der Waals surface area (Å²) in [6.45, 7) is 0. The summed E-state index contributed by atoms with van der Waals surface area (Å²) >= 11 is 7.64. The lowest BCUT2D eigenvalue weighted by atomic mass is 9.90. The van der Waals surface area contributed by atoms with Crippen LogP contribution in [0.15, 0.2) is 65.5 Å². The minimum atomic E-state index is -0.400. The third-order valence-electron chi connectivity index (χ3n) is 6.14. The number of hydrogen-bond donors (Lipinski definition) is 2. The van der Waals surface area contributed by atoms with Gasteiger partial charge in [-0.05, 0) is 96.1 Å². The molecule has 5 rings (SSSR count). The van der Waals surface area contributed by atoms with Crippen molar-refractivity contribution in [3.8, 4) is 11.1 Å². The van der Waals surface area contributed by atoms with Crippen molar-refractivity contribution in [1.29, 1.82) is 0 Å². The Hall–Kier alpha value is -2.96. The first-order chi connectivity index (χ1) is 16.0. The number of carbonyl (C=O) groups excluding carboxylic acids is 1. The van der Waals surface area contributed by atoms with Gasteiger partial charge in [0.15, 0.2) is 0 Å². The molecule has 2 aromatic carbocycles. The van der Waals surface area contributed by atoms with Crippen LogP contribution < -0.4 is 10.6 Å². The maximum absolute atomic E-state index is 14.2. The monoisotopic (exact) mass is 479 g/mol. The number of hydrogen-bond acceptors (Lipinski definition) is 4. The van der Waals surface area contributed by atoms with Crippen LogP contribution in [0.5, 0.6) is 0 Å². The average molecular weight is 480 g/mol. The second-order valence-corrected chi connectivity index (χ2v) is 9.64. The lowest BCUT2D eigenvalue weighted by Gasteiger charge is -2.30. The first-order valence-electron chi connectivity index (χ1n) is 11.0. The maximum atomic E-state index is 14.2. The molecule has 4 aromatic rings. The standard InChI is InChI=1S/C26H23ClFN3OS/c27-19-1-6-23-24(7-9-29-25(23)14-19)30-21-2-4-22(5-3-21)31-26(32)18-11-17(12-20(28)13-18)16-8-10-33-15-16/h1,6-15,21-22H,2-5H2,(H,29,30)(H,31,32). The highest BCUT2D eigenvalue weighted by atomic mass is 35.5. The van der Waals surface area contributed by atoms with Crippen LogP contribution in [0, 0.1) is 5.82 Å². The van der Waals surface area contributed by atoms with Crippen molar-refractivity contribution in [3.05, 3.63) is 81.9 Å². The molecule has 1 saturated carbocycles. The highest BCUT2D eigenvalue weighted by Gasteiger charge is 2.23. The number of nitrogens with zero attached hydrogens (tertiary/aromatic N) is 1. The molecule has 1 fully saturated rings.